The van der Waals surface area contributed by atoms with Gasteiger partial charge in [0.25, 0.3) is 0 Å². The summed E-state index contributed by atoms with van der Waals surface area (Å²) in [6.45, 7) is 10.4. The summed E-state index contributed by atoms with van der Waals surface area (Å²) in [4.78, 5) is 7.37. The van der Waals surface area contributed by atoms with E-state index in [1.165, 1.54) is 31.5 Å². The first kappa shape index (κ1) is 21.7. The van der Waals surface area contributed by atoms with E-state index in [0.717, 1.165) is 45.0 Å². The number of hydrogen-bond donors (Lipinski definition) is 2. The second-order valence-electron chi connectivity index (χ2n) is 7.57. The number of methoxy groups -OCH3 is 1. The van der Waals surface area contributed by atoms with Crippen LogP contribution in [0.1, 0.15) is 38.7 Å². The van der Waals surface area contributed by atoms with Crippen LogP contribution in [-0.4, -0.2) is 63.3 Å². The Morgan fingerprint density at radius 3 is 2.67 bits per heavy atom. The molecule has 2 N–H and O–H groups in total. The fourth-order valence-corrected chi connectivity index (χ4v) is 3.49. The van der Waals surface area contributed by atoms with Gasteiger partial charge >= 0.3 is 0 Å². The van der Waals surface area contributed by atoms with Crippen molar-refractivity contribution in [3.05, 3.63) is 35.9 Å². The quantitative estimate of drug-likeness (QED) is 0.488. The second kappa shape index (κ2) is 12.7. The Hall–Kier alpha value is -1.59. The molecule has 5 nitrogen and oxygen atoms in total. The second-order valence-corrected chi connectivity index (χ2v) is 7.57. The highest BCUT2D eigenvalue weighted by Gasteiger charge is 2.18. The molecule has 1 atom stereocenters. The zero-order valence-corrected chi connectivity index (χ0v) is 17.4. The summed E-state index contributed by atoms with van der Waals surface area (Å²) in [5, 5.41) is 6.98. The molecule has 0 saturated carbocycles. The molecular weight excluding hydrogens is 336 g/mol. The van der Waals surface area contributed by atoms with Gasteiger partial charge in [-0.1, -0.05) is 30.3 Å². The molecular formula is C22H38N4O. The highest BCUT2D eigenvalue weighted by atomic mass is 16.5. The minimum atomic E-state index is 0.402. The lowest BCUT2D eigenvalue weighted by molar-refractivity contribution is 0.121. The van der Waals surface area contributed by atoms with E-state index >= 15 is 0 Å². The zero-order valence-electron chi connectivity index (χ0n) is 17.4. The molecule has 0 aromatic heterocycles. The molecule has 1 saturated heterocycles. The summed E-state index contributed by atoms with van der Waals surface area (Å²) in [6.07, 6.45) is 4.66. The van der Waals surface area contributed by atoms with Gasteiger partial charge in [-0.3, -0.25) is 4.99 Å². The van der Waals surface area contributed by atoms with Crippen molar-refractivity contribution in [3.8, 4) is 0 Å². The number of guanidine groups is 1. The van der Waals surface area contributed by atoms with Crippen LogP contribution in [0.3, 0.4) is 0 Å². The van der Waals surface area contributed by atoms with E-state index < -0.39 is 0 Å². The first-order chi connectivity index (χ1) is 13.2. The van der Waals surface area contributed by atoms with E-state index in [1.54, 1.807) is 7.11 Å². The highest BCUT2D eigenvalue weighted by molar-refractivity contribution is 5.80. The molecule has 1 heterocycles. The highest BCUT2D eigenvalue weighted by Crippen LogP contribution is 2.17. The lowest BCUT2D eigenvalue weighted by Gasteiger charge is -2.31. The summed E-state index contributed by atoms with van der Waals surface area (Å²) in [6, 6.07) is 11.1. The fraction of sp³-hybridized carbons (Fsp3) is 0.682. The van der Waals surface area contributed by atoms with Crippen LogP contribution in [0.15, 0.2) is 35.3 Å². The van der Waals surface area contributed by atoms with E-state index in [4.69, 9.17) is 9.73 Å². The third-order valence-corrected chi connectivity index (χ3v) is 5.26. The van der Waals surface area contributed by atoms with Crippen LogP contribution in [0.5, 0.6) is 0 Å². The first-order valence-corrected chi connectivity index (χ1v) is 10.5. The Bertz CT molecular complexity index is 526. The van der Waals surface area contributed by atoms with Crippen LogP contribution < -0.4 is 10.6 Å². The fourth-order valence-electron chi connectivity index (χ4n) is 3.49. The molecule has 5 heteroatoms. The summed E-state index contributed by atoms with van der Waals surface area (Å²) < 4.78 is 5.18. The Labute approximate surface area is 165 Å². The number of rotatable bonds is 10. The number of likely N-dealkylation sites (tertiary alicyclic amines) is 1. The predicted octanol–water partition coefficient (Wildman–Crippen LogP) is 2.92. The average molecular weight is 375 g/mol. The van der Waals surface area contributed by atoms with Crippen molar-refractivity contribution >= 4 is 5.96 Å². The van der Waals surface area contributed by atoms with Crippen molar-refractivity contribution < 1.29 is 4.74 Å². The van der Waals surface area contributed by atoms with Crippen molar-refractivity contribution in [3.63, 3.8) is 0 Å². The van der Waals surface area contributed by atoms with Gasteiger partial charge in [-0.2, -0.15) is 0 Å². The van der Waals surface area contributed by atoms with E-state index in [2.05, 4.69) is 59.7 Å². The van der Waals surface area contributed by atoms with Crippen LogP contribution >= 0.6 is 0 Å². The molecule has 0 spiro atoms. The Kier molecular flexibility index (Phi) is 10.2. The molecule has 27 heavy (non-hydrogen) atoms. The third kappa shape index (κ3) is 8.76. The maximum absolute atomic E-state index is 5.18. The third-order valence-electron chi connectivity index (χ3n) is 5.26. The number of benzene rings is 1. The lowest BCUT2D eigenvalue weighted by atomic mass is 9.97. The minimum Gasteiger partial charge on any atom is -0.383 e. The van der Waals surface area contributed by atoms with Crippen LogP contribution in [0.2, 0.25) is 0 Å². The van der Waals surface area contributed by atoms with Gasteiger partial charge in [0.1, 0.15) is 0 Å². The van der Waals surface area contributed by atoms with Gasteiger partial charge in [0.05, 0.1) is 6.61 Å². The molecule has 2 rings (SSSR count). The van der Waals surface area contributed by atoms with Crippen LogP contribution in [-0.2, 0) is 11.2 Å². The van der Waals surface area contributed by atoms with Crippen molar-refractivity contribution in [2.24, 2.45) is 10.9 Å². The van der Waals surface area contributed by atoms with Gasteiger partial charge in [0.2, 0.25) is 0 Å². The molecule has 1 unspecified atom stereocenters. The molecule has 1 aliphatic heterocycles. The average Bonchev–Trinajstić information content (AvgIpc) is 2.70. The Morgan fingerprint density at radius 2 is 2.00 bits per heavy atom. The minimum absolute atomic E-state index is 0.402. The maximum Gasteiger partial charge on any atom is 0.191 e. The van der Waals surface area contributed by atoms with E-state index in [9.17, 15) is 0 Å². The molecule has 1 aromatic carbocycles. The molecule has 0 radical (unpaired) electrons. The molecule has 152 valence electrons. The molecule has 0 bridgehead atoms. The summed E-state index contributed by atoms with van der Waals surface area (Å²) in [5.74, 6) is 1.65. The van der Waals surface area contributed by atoms with Gasteiger partial charge in [-0.15, -0.1) is 0 Å². The van der Waals surface area contributed by atoms with Crippen molar-refractivity contribution in [2.75, 3.05) is 46.4 Å². The normalized spacial score (nSPS) is 17.7. The van der Waals surface area contributed by atoms with Crippen molar-refractivity contribution in [1.29, 1.82) is 0 Å². The summed E-state index contributed by atoms with van der Waals surface area (Å²) in [5.41, 5.74) is 1.40. The van der Waals surface area contributed by atoms with E-state index in [1.807, 2.05) is 0 Å². The number of hydrogen-bond acceptors (Lipinski definition) is 3. The molecule has 1 aliphatic rings. The Morgan fingerprint density at radius 1 is 1.26 bits per heavy atom. The lowest BCUT2D eigenvalue weighted by Crippen LogP contribution is -2.43. The zero-order chi connectivity index (χ0) is 19.3. The van der Waals surface area contributed by atoms with Gasteiger partial charge in [0.15, 0.2) is 5.96 Å². The molecule has 1 fully saturated rings. The van der Waals surface area contributed by atoms with Gasteiger partial charge < -0.3 is 20.3 Å². The number of aryl methyl sites for hydroxylation is 1. The maximum atomic E-state index is 5.18. The first-order valence-electron chi connectivity index (χ1n) is 10.5. The SMILES string of the molecule is CCNC(=NCC1CCN(CCOC)CC1)NC(C)CCc1ccccc1. The van der Waals surface area contributed by atoms with E-state index in [-0.39, 0.29) is 0 Å². The predicted molar refractivity (Wildman–Crippen MR) is 114 cm³/mol. The number of piperidine rings is 1. The monoisotopic (exact) mass is 374 g/mol. The van der Waals surface area contributed by atoms with Crippen LogP contribution in [0, 0.1) is 5.92 Å². The molecule has 0 aliphatic carbocycles. The number of ether oxygens (including phenoxy) is 1. The topological polar surface area (TPSA) is 48.9 Å². The van der Waals surface area contributed by atoms with Crippen LogP contribution in [0.4, 0.5) is 0 Å². The van der Waals surface area contributed by atoms with E-state index in [0.29, 0.717) is 12.0 Å². The number of aliphatic imine (C=N–C) groups is 1. The number of nitrogens with one attached hydrogen (secondary N) is 2. The van der Waals surface area contributed by atoms with Crippen molar-refractivity contribution in [1.82, 2.24) is 15.5 Å². The number of nitrogens with zero attached hydrogens (tertiary/aromatic N) is 2. The molecule has 0 amide bonds. The van der Waals surface area contributed by atoms with Crippen molar-refractivity contribution in [2.45, 2.75) is 45.6 Å². The largest absolute Gasteiger partial charge is 0.383 e. The summed E-state index contributed by atoms with van der Waals surface area (Å²) in [7, 11) is 1.78. The Balaban J connectivity index is 1.73. The van der Waals surface area contributed by atoms with Crippen LogP contribution in [0.25, 0.3) is 0 Å². The van der Waals surface area contributed by atoms with Gasteiger partial charge in [-0.25, -0.2) is 0 Å². The van der Waals surface area contributed by atoms with Gasteiger partial charge in [-0.05, 0) is 64.1 Å². The van der Waals surface area contributed by atoms with Gasteiger partial charge in [0, 0.05) is 32.8 Å². The smallest absolute Gasteiger partial charge is 0.191 e. The standard InChI is InChI=1S/C22H38N4O/c1-4-23-22(25-19(2)10-11-20-8-6-5-7-9-20)24-18-21-12-14-26(15-13-21)16-17-27-3/h5-9,19,21H,4,10-18H2,1-3H3,(H2,23,24,25). The summed E-state index contributed by atoms with van der Waals surface area (Å²) >= 11 is 0. The molecule has 1 aromatic rings.